The summed E-state index contributed by atoms with van der Waals surface area (Å²) in [4.78, 5) is 27.6. The topological polar surface area (TPSA) is 67.9 Å². The molecule has 0 bridgehead atoms. The first-order chi connectivity index (χ1) is 13.9. The summed E-state index contributed by atoms with van der Waals surface area (Å²) in [5.41, 5.74) is 0.644. The predicted octanol–water partition coefficient (Wildman–Crippen LogP) is 4.25. The van der Waals surface area contributed by atoms with Crippen LogP contribution in [0.5, 0.6) is 11.5 Å². The summed E-state index contributed by atoms with van der Waals surface area (Å²) in [5.74, 6) is 1.12. The van der Waals surface area contributed by atoms with E-state index in [1.54, 1.807) is 43.4 Å². The number of hydrogen-bond acceptors (Lipinski definition) is 4. The van der Waals surface area contributed by atoms with Crippen molar-refractivity contribution in [3.63, 3.8) is 0 Å². The predicted molar refractivity (Wildman–Crippen MR) is 114 cm³/mol. The highest BCUT2D eigenvalue weighted by atomic mass is 16.5. The van der Waals surface area contributed by atoms with Crippen LogP contribution in [0.4, 0.5) is 5.69 Å². The molecule has 0 heterocycles. The Labute approximate surface area is 172 Å². The third-order valence-corrected chi connectivity index (χ3v) is 5.34. The lowest BCUT2D eigenvalue weighted by atomic mass is 9.88. The van der Waals surface area contributed by atoms with Crippen LogP contribution in [0.3, 0.4) is 0 Å². The standard InChI is InChI=1S/C23H30N2O4/c1-6-23(7-2,22(27)24-19-10-14-21(29-5)15-11-19)25(17(3)26)16-18-8-12-20(28-4)13-9-18/h8-15H,6-7,16H2,1-5H3,(H,24,27). The van der Waals surface area contributed by atoms with E-state index in [0.29, 0.717) is 30.8 Å². The molecule has 0 aliphatic heterocycles. The Morgan fingerprint density at radius 2 is 1.38 bits per heavy atom. The van der Waals surface area contributed by atoms with Gasteiger partial charge in [-0.25, -0.2) is 0 Å². The number of amides is 2. The van der Waals surface area contributed by atoms with E-state index >= 15 is 0 Å². The van der Waals surface area contributed by atoms with Crippen molar-refractivity contribution in [3.8, 4) is 11.5 Å². The van der Waals surface area contributed by atoms with E-state index in [1.165, 1.54) is 6.92 Å². The molecule has 0 aromatic heterocycles. The maximum Gasteiger partial charge on any atom is 0.250 e. The van der Waals surface area contributed by atoms with Crippen LogP contribution in [0.2, 0.25) is 0 Å². The lowest BCUT2D eigenvalue weighted by molar-refractivity contribution is -0.145. The monoisotopic (exact) mass is 398 g/mol. The van der Waals surface area contributed by atoms with Crippen molar-refractivity contribution >= 4 is 17.5 Å². The van der Waals surface area contributed by atoms with Gasteiger partial charge in [-0.15, -0.1) is 0 Å². The Morgan fingerprint density at radius 1 is 0.897 bits per heavy atom. The largest absolute Gasteiger partial charge is 0.497 e. The van der Waals surface area contributed by atoms with Crippen LogP contribution in [0, 0.1) is 0 Å². The Kier molecular flexibility index (Phi) is 7.65. The molecule has 2 aromatic rings. The molecule has 0 aliphatic rings. The number of rotatable bonds is 9. The second-order valence-corrected chi connectivity index (χ2v) is 6.87. The van der Waals surface area contributed by atoms with Crippen LogP contribution >= 0.6 is 0 Å². The highest BCUT2D eigenvalue weighted by Gasteiger charge is 2.42. The minimum Gasteiger partial charge on any atom is -0.497 e. The summed E-state index contributed by atoms with van der Waals surface area (Å²) in [7, 11) is 3.20. The number of carbonyl (C=O) groups is 2. The minimum atomic E-state index is -0.953. The highest BCUT2D eigenvalue weighted by Crippen LogP contribution is 2.29. The lowest BCUT2D eigenvalue weighted by Crippen LogP contribution is -2.57. The third kappa shape index (κ3) is 5.08. The van der Waals surface area contributed by atoms with Crippen LogP contribution < -0.4 is 14.8 Å². The normalized spacial score (nSPS) is 10.9. The second kappa shape index (κ2) is 9.96. The van der Waals surface area contributed by atoms with E-state index in [2.05, 4.69) is 5.32 Å². The number of benzene rings is 2. The van der Waals surface area contributed by atoms with Gasteiger partial charge in [0.2, 0.25) is 11.8 Å². The molecule has 0 aliphatic carbocycles. The van der Waals surface area contributed by atoms with Crippen LogP contribution in [0.15, 0.2) is 48.5 Å². The number of methoxy groups -OCH3 is 2. The molecular formula is C23H30N2O4. The molecule has 0 unspecified atom stereocenters. The summed E-state index contributed by atoms with van der Waals surface area (Å²) in [6.45, 7) is 5.71. The third-order valence-electron chi connectivity index (χ3n) is 5.34. The zero-order chi connectivity index (χ0) is 21.4. The summed E-state index contributed by atoms with van der Waals surface area (Å²) < 4.78 is 10.4. The van der Waals surface area contributed by atoms with Gasteiger partial charge in [-0.2, -0.15) is 0 Å². The molecule has 2 rings (SSSR count). The number of hydrogen-bond donors (Lipinski definition) is 1. The van der Waals surface area contributed by atoms with E-state index in [9.17, 15) is 9.59 Å². The first kappa shape index (κ1) is 22.3. The zero-order valence-corrected chi connectivity index (χ0v) is 17.8. The molecule has 2 amide bonds. The van der Waals surface area contributed by atoms with Gasteiger partial charge in [0.1, 0.15) is 17.0 Å². The van der Waals surface area contributed by atoms with E-state index < -0.39 is 5.54 Å². The van der Waals surface area contributed by atoms with Gasteiger partial charge in [0.05, 0.1) is 14.2 Å². The summed E-state index contributed by atoms with van der Waals surface area (Å²) in [6.07, 6.45) is 1.00. The van der Waals surface area contributed by atoms with Crippen LogP contribution in [-0.2, 0) is 16.1 Å². The number of ether oxygens (including phenoxy) is 2. The molecule has 0 saturated carbocycles. The molecular weight excluding hydrogens is 368 g/mol. The molecule has 156 valence electrons. The highest BCUT2D eigenvalue weighted by molar-refractivity contribution is 6.00. The maximum absolute atomic E-state index is 13.3. The van der Waals surface area contributed by atoms with Gasteiger partial charge in [0, 0.05) is 19.2 Å². The maximum atomic E-state index is 13.3. The minimum absolute atomic E-state index is 0.144. The molecule has 1 N–H and O–H groups in total. The molecule has 6 heteroatoms. The van der Waals surface area contributed by atoms with Gasteiger partial charge >= 0.3 is 0 Å². The van der Waals surface area contributed by atoms with E-state index in [-0.39, 0.29) is 11.8 Å². The van der Waals surface area contributed by atoms with Gasteiger partial charge in [0.15, 0.2) is 0 Å². The average molecular weight is 399 g/mol. The molecule has 0 spiro atoms. The van der Waals surface area contributed by atoms with Crippen molar-refractivity contribution < 1.29 is 19.1 Å². The fourth-order valence-electron chi connectivity index (χ4n) is 3.47. The van der Waals surface area contributed by atoms with Gasteiger partial charge in [-0.3, -0.25) is 9.59 Å². The van der Waals surface area contributed by atoms with Gasteiger partial charge < -0.3 is 19.7 Å². The Bertz CT molecular complexity index is 812. The van der Waals surface area contributed by atoms with Crippen LogP contribution in [0.25, 0.3) is 0 Å². The van der Waals surface area contributed by atoms with Gasteiger partial charge in [0.25, 0.3) is 0 Å². The van der Waals surface area contributed by atoms with Crippen LogP contribution in [-0.4, -0.2) is 36.5 Å². The summed E-state index contributed by atoms with van der Waals surface area (Å²) >= 11 is 0. The Balaban J connectivity index is 2.30. The van der Waals surface area contributed by atoms with Crippen molar-refractivity contribution in [2.45, 2.75) is 45.7 Å². The SMILES string of the molecule is CCC(CC)(C(=O)Nc1ccc(OC)cc1)N(Cc1ccc(OC)cc1)C(C)=O. The molecule has 0 fully saturated rings. The molecule has 29 heavy (non-hydrogen) atoms. The smallest absolute Gasteiger partial charge is 0.250 e. The number of anilines is 1. The van der Waals surface area contributed by atoms with Crippen molar-refractivity contribution in [3.05, 3.63) is 54.1 Å². The van der Waals surface area contributed by atoms with Crippen molar-refractivity contribution in [1.29, 1.82) is 0 Å². The number of carbonyl (C=O) groups excluding carboxylic acids is 2. The quantitative estimate of drug-likeness (QED) is 0.686. The molecule has 0 atom stereocenters. The molecule has 0 radical (unpaired) electrons. The molecule has 6 nitrogen and oxygen atoms in total. The van der Waals surface area contributed by atoms with Crippen molar-refractivity contribution in [2.24, 2.45) is 0 Å². The molecule has 0 saturated heterocycles. The van der Waals surface area contributed by atoms with Crippen LogP contribution in [0.1, 0.15) is 39.2 Å². The Hall–Kier alpha value is -3.02. The molecule has 2 aromatic carbocycles. The zero-order valence-electron chi connectivity index (χ0n) is 17.8. The lowest BCUT2D eigenvalue weighted by Gasteiger charge is -2.41. The van der Waals surface area contributed by atoms with Crippen molar-refractivity contribution in [1.82, 2.24) is 4.90 Å². The van der Waals surface area contributed by atoms with Gasteiger partial charge in [-0.1, -0.05) is 26.0 Å². The number of nitrogens with one attached hydrogen (secondary N) is 1. The number of nitrogens with zero attached hydrogens (tertiary/aromatic N) is 1. The fourth-order valence-corrected chi connectivity index (χ4v) is 3.47. The Morgan fingerprint density at radius 3 is 1.79 bits per heavy atom. The second-order valence-electron chi connectivity index (χ2n) is 6.87. The van der Waals surface area contributed by atoms with E-state index in [0.717, 1.165) is 11.3 Å². The van der Waals surface area contributed by atoms with E-state index in [4.69, 9.17) is 9.47 Å². The fraction of sp³-hybridized carbons (Fsp3) is 0.391. The van der Waals surface area contributed by atoms with Crippen molar-refractivity contribution in [2.75, 3.05) is 19.5 Å². The summed E-state index contributed by atoms with van der Waals surface area (Å²) in [6, 6.07) is 14.7. The van der Waals surface area contributed by atoms with Gasteiger partial charge in [-0.05, 0) is 54.8 Å². The summed E-state index contributed by atoms with van der Waals surface area (Å²) in [5, 5.41) is 2.97. The average Bonchev–Trinajstić information content (AvgIpc) is 2.75. The first-order valence-electron chi connectivity index (χ1n) is 9.76. The first-order valence-corrected chi connectivity index (χ1v) is 9.76. The van der Waals surface area contributed by atoms with E-state index in [1.807, 2.05) is 38.1 Å².